The topological polar surface area (TPSA) is 51.1 Å². The molecule has 1 aromatic rings. The summed E-state index contributed by atoms with van der Waals surface area (Å²) in [5.74, 6) is 0.623. The van der Waals surface area contributed by atoms with Gasteiger partial charge in [-0.25, -0.2) is 8.42 Å². The van der Waals surface area contributed by atoms with Crippen LogP contribution in [0.3, 0.4) is 0 Å². The van der Waals surface area contributed by atoms with E-state index in [9.17, 15) is 8.42 Å². The van der Waals surface area contributed by atoms with E-state index in [-0.39, 0.29) is 6.04 Å². The Morgan fingerprint density at radius 1 is 1.44 bits per heavy atom. The summed E-state index contributed by atoms with van der Waals surface area (Å²) in [5.41, 5.74) is 3.83. The van der Waals surface area contributed by atoms with Crippen molar-refractivity contribution in [2.75, 3.05) is 11.5 Å². The summed E-state index contributed by atoms with van der Waals surface area (Å²) in [6.45, 7) is 8.12. The maximum Gasteiger partial charge on any atom is 0.151 e. The number of aromatic nitrogens is 1. The highest BCUT2D eigenvalue weighted by Gasteiger charge is 2.27. The van der Waals surface area contributed by atoms with Gasteiger partial charge < -0.3 is 9.88 Å². The summed E-state index contributed by atoms with van der Waals surface area (Å²) >= 11 is 0. The molecule has 0 aliphatic carbocycles. The van der Waals surface area contributed by atoms with Crippen LogP contribution in [0.25, 0.3) is 0 Å². The first-order valence-electron chi connectivity index (χ1n) is 6.52. The van der Waals surface area contributed by atoms with E-state index in [0.29, 0.717) is 11.5 Å². The molecule has 2 rings (SSSR count). The zero-order chi connectivity index (χ0) is 13.3. The third kappa shape index (κ3) is 2.78. The SMILES string of the molecule is CCn1c(C)cc(CNC2CCS(=O)(=O)C2)c1C. The highest BCUT2D eigenvalue weighted by atomic mass is 32.2. The van der Waals surface area contributed by atoms with Crippen LogP contribution in [0.4, 0.5) is 0 Å². The first kappa shape index (κ1) is 13.6. The molecule has 0 saturated carbocycles. The first-order chi connectivity index (χ1) is 8.43. The van der Waals surface area contributed by atoms with Crippen molar-refractivity contribution in [2.24, 2.45) is 0 Å². The third-order valence-electron chi connectivity index (χ3n) is 3.81. The number of nitrogens with zero attached hydrogens (tertiary/aromatic N) is 1. The second kappa shape index (κ2) is 5.05. The van der Waals surface area contributed by atoms with Gasteiger partial charge >= 0.3 is 0 Å². The zero-order valence-corrected chi connectivity index (χ0v) is 12.2. The fraction of sp³-hybridized carbons (Fsp3) is 0.692. The van der Waals surface area contributed by atoms with Gasteiger partial charge in [0.25, 0.3) is 0 Å². The number of aryl methyl sites for hydroxylation is 1. The number of sulfone groups is 1. The number of rotatable bonds is 4. The quantitative estimate of drug-likeness (QED) is 0.900. The Kier molecular flexibility index (Phi) is 3.82. The molecule has 1 fully saturated rings. The summed E-state index contributed by atoms with van der Waals surface area (Å²) in [6, 6.07) is 2.31. The number of hydrogen-bond acceptors (Lipinski definition) is 3. The zero-order valence-electron chi connectivity index (χ0n) is 11.4. The molecular weight excluding hydrogens is 248 g/mol. The Morgan fingerprint density at radius 2 is 2.17 bits per heavy atom. The monoisotopic (exact) mass is 270 g/mol. The minimum Gasteiger partial charge on any atom is -0.349 e. The summed E-state index contributed by atoms with van der Waals surface area (Å²) in [5, 5.41) is 3.37. The largest absolute Gasteiger partial charge is 0.349 e. The van der Waals surface area contributed by atoms with E-state index in [1.165, 1.54) is 17.0 Å². The Labute approximate surface area is 109 Å². The fourth-order valence-electron chi connectivity index (χ4n) is 2.75. The lowest BCUT2D eigenvalue weighted by Gasteiger charge is -2.11. The van der Waals surface area contributed by atoms with Crippen LogP contribution >= 0.6 is 0 Å². The van der Waals surface area contributed by atoms with Gasteiger partial charge in [-0.15, -0.1) is 0 Å². The molecule has 0 radical (unpaired) electrons. The van der Waals surface area contributed by atoms with Gasteiger partial charge in [0.1, 0.15) is 0 Å². The van der Waals surface area contributed by atoms with Crippen molar-refractivity contribution < 1.29 is 8.42 Å². The molecule has 0 amide bonds. The van der Waals surface area contributed by atoms with Crippen LogP contribution in [0, 0.1) is 13.8 Å². The van der Waals surface area contributed by atoms with E-state index in [0.717, 1.165) is 19.5 Å². The fourth-order valence-corrected chi connectivity index (χ4v) is 4.46. The van der Waals surface area contributed by atoms with Crippen molar-refractivity contribution in [3.8, 4) is 0 Å². The predicted molar refractivity (Wildman–Crippen MR) is 73.5 cm³/mol. The van der Waals surface area contributed by atoms with E-state index < -0.39 is 9.84 Å². The van der Waals surface area contributed by atoms with Crippen LogP contribution in [0.2, 0.25) is 0 Å². The minimum atomic E-state index is -2.79. The van der Waals surface area contributed by atoms with Crippen LogP contribution in [0.1, 0.15) is 30.3 Å². The van der Waals surface area contributed by atoms with Crippen LogP contribution < -0.4 is 5.32 Å². The van der Waals surface area contributed by atoms with Crippen LogP contribution in [-0.4, -0.2) is 30.5 Å². The van der Waals surface area contributed by atoms with Crippen LogP contribution in [0.5, 0.6) is 0 Å². The van der Waals surface area contributed by atoms with E-state index in [4.69, 9.17) is 0 Å². The molecule has 0 aromatic carbocycles. The van der Waals surface area contributed by atoms with Crippen LogP contribution in [-0.2, 0) is 22.9 Å². The molecule has 1 atom stereocenters. The first-order valence-corrected chi connectivity index (χ1v) is 8.34. The molecule has 1 unspecified atom stereocenters. The number of hydrogen-bond donors (Lipinski definition) is 1. The van der Waals surface area contributed by atoms with Gasteiger partial charge in [0.05, 0.1) is 11.5 Å². The van der Waals surface area contributed by atoms with Gasteiger partial charge in [-0.1, -0.05) is 0 Å². The van der Waals surface area contributed by atoms with Crippen molar-refractivity contribution in [2.45, 2.75) is 46.3 Å². The molecule has 4 nitrogen and oxygen atoms in total. The highest BCUT2D eigenvalue weighted by molar-refractivity contribution is 7.91. The van der Waals surface area contributed by atoms with Crippen molar-refractivity contribution in [1.29, 1.82) is 0 Å². The lowest BCUT2D eigenvalue weighted by atomic mass is 10.2. The van der Waals surface area contributed by atoms with Gasteiger partial charge in [-0.2, -0.15) is 0 Å². The van der Waals surface area contributed by atoms with E-state index in [1.807, 2.05) is 0 Å². The van der Waals surface area contributed by atoms with E-state index in [2.05, 4.69) is 36.7 Å². The molecule has 5 heteroatoms. The Morgan fingerprint density at radius 3 is 2.67 bits per heavy atom. The molecule has 1 aromatic heterocycles. The van der Waals surface area contributed by atoms with Crippen molar-refractivity contribution >= 4 is 9.84 Å². The van der Waals surface area contributed by atoms with Gasteiger partial charge in [0.15, 0.2) is 9.84 Å². The Bertz CT molecular complexity index is 531. The molecule has 18 heavy (non-hydrogen) atoms. The van der Waals surface area contributed by atoms with Gasteiger partial charge in [0.2, 0.25) is 0 Å². The second-order valence-electron chi connectivity index (χ2n) is 5.12. The predicted octanol–water partition coefficient (Wildman–Crippen LogP) is 1.40. The van der Waals surface area contributed by atoms with Crippen molar-refractivity contribution in [3.63, 3.8) is 0 Å². The summed E-state index contributed by atoms with van der Waals surface area (Å²) in [4.78, 5) is 0. The van der Waals surface area contributed by atoms with Crippen molar-refractivity contribution in [1.82, 2.24) is 9.88 Å². The molecule has 0 bridgehead atoms. The molecule has 2 heterocycles. The molecule has 1 N–H and O–H groups in total. The van der Waals surface area contributed by atoms with Gasteiger partial charge in [-0.3, -0.25) is 0 Å². The Hall–Kier alpha value is -0.810. The molecule has 1 saturated heterocycles. The molecule has 0 spiro atoms. The average Bonchev–Trinajstić information content (AvgIpc) is 2.77. The normalized spacial score (nSPS) is 22.5. The molecule has 1 aliphatic heterocycles. The third-order valence-corrected chi connectivity index (χ3v) is 5.58. The summed E-state index contributed by atoms with van der Waals surface area (Å²) in [7, 11) is -2.79. The smallest absolute Gasteiger partial charge is 0.151 e. The summed E-state index contributed by atoms with van der Waals surface area (Å²) < 4.78 is 25.0. The van der Waals surface area contributed by atoms with Gasteiger partial charge in [0, 0.05) is 30.5 Å². The van der Waals surface area contributed by atoms with E-state index in [1.54, 1.807) is 0 Å². The Balaban J connectivity index is 1.99. The maximum absolute atomic E-state index is 11.4. The molecule has 1 aliphatic rings. The van der Waals surface area contributed by atoms with Gasteiger partial charge in [-0.05, 0) is 38.8 Å². The van der Waals surface area contributed by atoms with Crippen LogP contribution in [0.15, 0.2) is 6.07 Å². The lowest BCUT2D eigenvalue weighted by Crippen LogP contribution is -2.29. The van der Waals surface area contributed by atoms with Crippen molar-refractivity contribution in [3.05, 3.63) is 23.0 Å². The lowest BCUT2D eigenvalue weighted by molar-refractivity contribution is 0.552. The second-order valence-corrected chi connectivity index (χ2v) is 7.35. The summed E-state index contributed by atoms with van der Waals surface area (Å²) in [6.07, 6.45) is 0.745. The maximum atomic E-state index is 11.4. The molecular formula is C13H22N2O2S. The minimum absolute atomic E-state index is 0.125. The highest BCUT2D eigenvalue weighted by Crippen LogP contribution is 2.16. The van der Waals surface area contributed by atoms with E-state index >= 15 is 0 Å². The molecule has 102 valence electrons. The standard InChI is InChI=1S/C13H22N2O2S/c1-4-15-10(2)7-12(11(15)3)8-14-13-5-6-18(16,17)9-13/h7,13-14H,4-6,8-9H2,1-3H3. The average molecular weight is 270 g/mol. The number of nitrogens with one attached hydrogen (secondary N) is 1.